The van der Waals surface area contributed by atoms with Crippen molar-refractivity contribution < 1.29 is 5.11 Å². The lowest BCUT2D eigenvalue weighted by molar-refractivity contribution is 0.0597. The van der Waals surface area contributed by atoms with Crippen LogP contribution in [0.2, 0.25) is 0 Å². The molecule has 2 aromatic rings. The van der Waals surface area contributed by atoms with Gasteiger partial charge in [0.15, 0.2) is 0 Å². The van der Waals surface area contributed by atoms with Crippen molar-refractivity contribution in [1.29, 1.82) is 0 Å². The van der Waals surface area contributed by atoms with Crippen LogP contribution in [-0.4, -0.2) is 14.9 Å². The summed E-state index contributed by atoms with van der Waals surface area (Å²) in [4.78, 5) is 1.03. The smallest absolute Gasteiger partial charge is 0.102 e. The topological polar surface area (TPSA) is 38.0 Å². The van der Waals surface area contributed by atoms with Gasteiger partial charge in [0.2, 0.25) is 0 Å². The third kappa shape index (κ3) is 2.18. The normalized spacial score (nSPS) is 15.0. The van der Waals surface area contributed by atoms with Crippen LogP contribution in [0.25, 0.3) is 0 Å². The van der Waals surface area contributed by atoms with E-state index in [0.717, 1.165) is 16.1 Å². The van der Waals surface area contributed by atoms with Gasteiger partial charge in [-0.15, -0.1) is 11.3 Å². The number of hydrogen-bond acceptors (Lipinski definition) is 3. The third-order valence-electron chi connectivity index (χ3n) is 2.65. The standard InChI is InChI=1S/C12H16N2OS/c1-9-5-7-16-11(9)12(2,15)8-10-4-6-14(3)13-10/h4-7,15H,8H2,1-3H3. The molecule has 0 saturated heterocycles. The number of nitrogens with zero attached hydrogens (tertiary/aromatic N) is 2. The molecule has 16 heavy (non-hydrogen) atoms. The summed E-state index contributed by atoms with van der Waals surface area (Å²) < 4.78 is 1.76. The third-order valence-corrected chi connectivity index (χ3v) is 3.92. The minimum atomic E-state index is -0.827. The van der Waals surface area contributed by atoms with E-state index >= 15 is 0 Å². The van der Waals surface area contributed by atoms with E-state index in [2.05, 4.69) is 5.10 Å². The Labute approximate surface area is 99.4 Å². The maximum atomic E-state index is 10.5. The molecule has 0 aliphatic heterocycles. The molecule has 1 N–H and O–H groups in total. The summed E-state index contributed by atoms with van der Waals surface area (Å²) >= 11 is 1.60. The van der Waals surface area contributed by atoms with E-state index in [0.29, 0.717) is 6.42 Å². The van der Waals surface area contributed by atoms with E-state index in [1.807, 2.05) is 44.6 Å². The van der Waals surface area contributed by atoms with Crippen molar-refractivity contribution >= 4 is 11.3 Å². The predicted octanol–water partition coefficient (Wildman–Crippen LogP) is 2.24. The second-order valence-corrected chi connectivity index (χ2v) is 5.28. The molecule has 0 saturated carbocycles. The Bertz CT molecular complexity index is 485. The summed E-state index contributed by atoms with van der Waals surface area (Å²) in [7, 11) is 1.88. The number of aryl methyl sites for hydroxylation is 2. The summed E-state index contributed by atoms with van der Waals surface area (Å²) in [5, 5.41) is 16.8. The lowest BCUT2D eigenvalue weighted by Crippen LogP contribution is -2.24. The van der Waals surface area contributed by atoms with Crippen LogP contribution in [0.1, 0.15) is 23.1 Å². The van der Waals surface area contributed by atoms with Crippen molar-refractivity contribution in [1.82, 2.24) is 9.78 Å². The molecule has 0 fully saturated rings. The van der Waals surface area contributed by atoms with Crippen molar-refractivity contribution in [2.24, 2.45) is 7.05 Å². The van der Waals surface area contributed by atoms with Gasteiger partial charge in [0, 0.05) is 24.5 Å². The zero-order valence-corrected chi connectivity index (χ0v) is 10.6. The maximum absolute atomic E-state index is 10.5. The molecule has 2 aromatic heterocycles. The quantitative estimate of drug-likeness (QED) is 0.887. The van der Waals surface area contributed by atoms with E-state index in [-0.39, 0.29) is 0 Å². The van der Waals surface area contributed by atoms with E-state index in [1.165, 1.54) is 0 Å². The highest BCUT2D eigenvalue weighted by atomic mass is 32.1. The lowest BCUT2D eigenvalue weighted by Gasteiger charge is -2.22. The van der Waals surface area contributed by atoms with Gasteiger partial charge >= 0.3 is 0 Å². The summed E-state index contributed by atoms with van der Waals surface area (Å²) in [5.41, 5.74) is 1.23. The van der Waals surface area contributed by atoms with Gasteiger partial charge in [-0.2, -0.15) is 5.10 Å². The van der Waals surface area contributed by atoms with Gasteiger partial charge in [0.1, 0.15) is 5.60 Å². The Morgan fingerprint density at radius 2 is 2.25 bits per heavy atom. The number of thiophene rings is 1. The van der Waals surface area contributed by atoms with E-state index < -0.39 is 5.60 Å². The zero-order chi connectivity index (χ0) is 11.8. The van der Waals surface area contributed by atoms with Gasteiger partial charge < -0.3 is 5.11 Å². The van der Waals surface area contributed by atoms with Gasteiger partial charge in [-0.05, 0) is 36.9 Å². The number of rotatable bonds is 3. The number of aliphatic hydroxyl groups is 1. The van der Waals surface area contributed by atoms with Crippen LogP contribution in [0, 0.1) is 6.92 Å². The maximum Gasteiger partial charge on any atom is 0.102 e. The second kappa shape index (κ2) is 4.03. The van der Waals surface area contributed by atoms with Gasteiger partial charge in [-0.1, -0.05) is 0 Å². The highest BCUT2D eigenvalue weighted by Gasteiger charge is 2.27. The van der Waals surface area contributed by atoms with Crippen molar-refractivity contribution in [3.05, 3.63) is 39.8 Å². The van der Waals surface area contributed by atoms with Gasteiger partial charge in [0.25, 0.3) is 0 Å². The van der Waals surface area contributed by atoms with Crippen molar-refractivity contribution in [2.75, 3.05) is 0 Å². The average Bonchev–Trinajstić information content (AvgIpc) is 2.74. The highest BCUT2D eigenvalue weighted by molar-refractivity contribution is 7.10. The molecule has 0 aliphatic carbocycles. The zero-order valence-electron chi connectivity index (χ0n) is 9.77. The molecule has 86 valence electrons. The van der Waals surface area contributed by atoms with E-state index in [9.17, 15) is 5.11 Å². The SMILES string of the molecule is Cc1ccsc1C(C)(O)Cc1ccn(C)n1. The minimum absolute atomic E-state index is 0.551. The molecule has 1 atom stereocenters. The molecule has 0 aromatic carbocycles. The van der Waals surface area contributed by atoms with Crippen LogP contribution in [0.5, 0.6) is 0 Å². The van der Waals surface area contributed by atoms with Crippen LogP contribution >= 0.6 is 11.3 Å². The lowest BCUT2D eigenvalue weighted by atomic mass is 9.96. The van der Waals surface area contributed by atoms with Crippen LogP contribution in [0.3, 0.4) is 0 Å². The summed E-state index contributed by atoms with van der Waals surface area (Å²) in [6, 6.07) is 3.98. The summed E-state index contributed by atoms with van der Waals surface area (Å²) in [6.45, 7) is 3.87. The Morgan fingerprint density at radius 1 is 1.50 bits per heavy atom. The molecule has 4 heteroatoms. The first-order valence-electron chi connectivity index (χ1n) is 5.24. The van der Waals surface area contributed by atoms with Gasteiger partial charge in [0.05, 0.1) is 5.69 Å². The molecular weight excluding hydrogens is 220 g/mol. The van der Waals surface area contributed by atoms with Crippen molar-refractivity contribution in [3.8, 4) is 0 Å². The van der Waals surface area contributed by atoms with Crippen molar-refractivity contribution in [3.63, 3.8) is 0 Å². The van der Waals surface area contributed by atoms with Crippen LogP contribution in [0.4, 0.5) is 0 Å². The predicted molar refractivity (Wildman–Crippen MR) is 65.5 cm³/mol. The van der Waals surface area contributed by atoms with Crippen LogP contribution in [0.15, 0.2) is 23.7 Å². The molecular formula is C12H16N2OS. The molecule has 0 spiro atoms. The molecule has 0 aliphatic rings. The Morgan fingerprint density at radius 3 is 2.75 bits per heavy atom. The Kier molecular flexibility index (Phi) is 2.86. The fraction of sp³-hybridized carbons (Fsp3) is 0.417. The molecule has 0 radical (unpaired) electrons. The fourth-order valence-electron chi connectivity index (χ4n) is 1.91. The largest absolute Gasteiger partial charge is 0.384 e. The van der Waals surface area contributed by atoms with Crippen molar-refractivity contribution in [2.45, 2.75) is 25.9 Å². The Hall–Kier alpha value is -1.13. The van der Waals surface area contributed by atoms with E-state index in [4.69, 9.17) is 0 Å². The summed E-state index contributed by atoms with van der Waals surface area (Å²) in [5.74, 6) is 0. The fourth-order valence-corrected chi connectivity index (χ4v) is 2.90. The van der Waals surface area contributed by atoms with Gasteiger partial charge in [-0.25, -0.2) is 0 Å². The first-order chi connectivity index (χ1) is 7.49. The Balaban J connectivity index is 2.23. The highest BCUT2D eigenvalue weighted by Crippen LogP contribution is 2.31. The van der Waals surface area contributed by atoms with E-state index in [1.54, 1.807) is 16.0 Å². The van der Waals surface area contributed by atoms with Gasteiger partial charge in [-0.3, -0.25) is 4.68 Å². The van der Waals surface area contributed by atoms with Crippen LogP contribution < -0.4 is 0 Å². The van der Waals surface area contributed by atoms with Crippen LogP contribution in [-0.2, 0) is 19.1 Å². The molecule has 1 unspecified atom stereocenters. The second-order valence-electron chi connectivity index (χ2n) is 4.36. The molecule has 3 nitrogen and oxygen atoms in total. The number of hydrogen-bond donors (Lipinski definition) is 1. The molecule has 0 amide bonds. The minimum Gasteiger partial charge on any atom is -0.384 e. The average molecular weight is 236 g/mol. The monoisotopic (exact) mass is 236 g/mol. The molecule has 2 rings (SSSR count). The first kappa shape index (κ1) is 11.4. The molecule has 0 bridgehead atoms. The number of aromatic nitrogens is 2. The first-order valence-corrected chi connectivity index (χ1v) is 6.12. The molecule has 2 heterocycles. The summed E-state index contributed by atoms with van der Waals surface area (Å²) in [6.07, 6.45) is 2.45.